The van der Waals surface area contributed by atoms with Gasteiger partial charge >= 0.3 is 0 Å². The predicted molar refractivity (Wildman–Crippen MR) is 95.5 cm³/mol. The van der Waals surface area contributed by atoms with Crippen LogP contribution in [0.1, 0.15) is 10.8 Å². The molecular weight excluding hydrogens is 380 g/mol. The number of thioether (sulfide) groups is 1. The predicted octanol–water partition coefficient (Wildman–Crippen LogP) is 3.78. The largest absolute Gasteiger partial charge is 0.420 e. The molecule has 126 valence electrons. The number of hydrogen-bond donors (Lipinski definition) is 0. The average Bonchev–Trinajstić information content (AvgIpc) is 3.36. The van der Waals surface area contributed by atoms with Gasteiger partial charge in [-0.05, 0) is 46.1 Å². The van der Waals surface area contributed by atoms with Crippen molar-refractivity contribution in [2.45, 2.75) is 17.5 Å². The fraction of sp³-hybridized carbons (Fsp3) is 0.133. The summed E-state index contributed by atoms with van der Waals surface area (Å²) in [5, 5.41) is 23.4. The van der Waals surface area contributed by atoms with Crippen molar-refractivity contribution in [3.63, 3.8) is 0 Å². The number of thiophene rings is 1. The Kier molecular flexibility index (Phi) is 4.77. The van der Waals surface area contributed by atoms with Gasteiger partial charge in [-0.1, -0.05) is 29.4 Å². The van der Waals surface area contributed by atoms with Crippen LogP contribution < -0.4 is 0 Å². The normalized spacial score (nSPS) is 11.1. The number of halogens is 1. The Morgan fingerprint density at radius 3 is 2.80 bits per heavy atom. The van der Waals surface area contributed by atoms with Crippen molar-refractivity contribution in [1.82, 2.24) is 30.4 Å². The molecule has 3 heterocycles. The average molecular weight is 391 g/mol. The molecule has 0 aliphatic rings. The van der Waals surface area contributed by atoms with Gasteiger partial charge in [-0.2, -0.15) is 0 Å². The monoisotopic (exact) mass is 390 g/mol. The molecule has 4 rings (SSSR count). The lowest BCUT2D eigenvalue weighted by atomic mass is 10.2. The number of rotatable bonds is 6. The summed E-state index contributed by atoms with van der Waals surface area (Å²) in [7, 11) is 0. The van der Waals surface area contributed by atoms with Gasteiger partial charge in [0, 0.05) is 15.5 Å². The lowest BCUT2D eigenvalue weighted by molar-refractivity contribution is 0.527. The summed E-state index contributed by atoms with van der Waals surface area (Å²) >= 11 is 9.01. The van der Waals surface area contributed by atoms with E-state index in [1.165, 1.54) is 16.6 Å². The molecule has 0 spiro atoms. The van der Waals surface area contributed by atoms with Crippen LogP contribution in [-0.4, -0.2) is 30.4 Å². The van der Waals surface area contributed by atoms with E-state index >= 15 is 0 Å². The van der Waals surface area contributed by atoms with Gasteiger partial charge in [0.2, 0.25) is 16.9 Å². The zero-order valence-electron chi connectivity index (χ0n) is 12.7. The second-order valence-corrected chi connectivity index (χ2v) is 7.41. The minimum atomic E-state index is 0.463. The maximum absolute atomic E-state index is 5.89. The summed E-state index contributed by atoms with van der Waals surface area (Å²) in [5.41, 5.74) is 0.829. The molecule has 0 amide bonds. The van der Waals surface area contributed by atoms with Gasteiger partial charge in [-0.3, -0.25) is 0 Å². The van der Waals surface area contributed by atoms with Crippen LogP contribution in [0.15, 0.2) is 51.4 Å². The van der Waals surface area contributed by atoms with Crippen molar-refractivity contribution < 1.29 is 4.42 Å². The zero-order valence-corrected chi connectivity index (χ0v) is 15.1. The summed E-state index contributed by atoms with van der Waals surface area (Å²) in [6.45, 7) is 0.646. The van der Waals surface area contributed by atoms with Gasteiger partial charge < -0.3 is 4.42 Å². The van der Waals surface area contributed by atoms with Gasteiger partial charge in [-0.15, -0.1) is 26.6 Å². The minimum absolute atomic E-state index is 0.463. The standard InChI is InChI=1S/C15H11ClN6OS2/c16-11-5-3-10(4-6-11)14-18-17-13(23-14)9-25-15-19-20-21-22(15)8-12-2-1-7-24-12/h1-7H,8-9H2. The van der Waals surface area contributed by atoms with E-state index in [0.29, 0.717) is 34.3 Å². The third kappa shape index (κ3) is 3.89. The molecule has 3 aromatic heterocycles. The van der Waals surface area contributed by atoms with E-state index in [0.717, 1.165) is 5.56 Å². The lowest BCUT2D eigenvalue weighted by Gasteiger charge is -2.01. The molecule has 0 aliphatic heterocycles. The van der Waals surface area contributed by atoms with Crippen LogP contribution >= 0.6 is 34.7 Å². The maximum Gasteiger partial charge on any atom is 0.247 e. The zero-order chi connectivity index (χ0) is 17.1. The first-order valence-electron chi connectivity index (χ1n) is 7.27. The molecule has 0 saturated heterocycles. The molecule has 0 atom stereocenters. The van der Waals surface area contributed by atoms with Crippen molar-refractivity contribution in [1.29, 1.82) is 0 Å². The van der Waals surface area contributed by atoms with Crippen molar-refractivity contribution in [2.24, 2.45) is 0 Å². The Morgan fingerprint density at radius 1 is 1.12 bits per heavy atom. The third-order valence-electron chi connectivity index (χ3n) is 3.27. The van der Waals surface area contributed by atoms with Gasteiger partial charge in [0.15, 0.2) is 0 Å². The van der Waals surface area contributed by atoms with Crippen LogP contribution in [0.4, 0.5) is 0 Å². The molecular formula is C15H11ClN6OS2. The van der Waals surface area contributed by atoms with Gasteiger partial charge in [0.05, 0.1) is 12.3 Å². The first kappa shape index (κ1) is 16.2. The Balaban J connectivity index is 1.42. The van der Waals surface area contributed by atoms with Crippen molar-refractivity contribution in [3.05, 3.63) is 57.6 Å². The number of tetrazole rings is 1. The molecule has 0 radical (unpaired) electrons. The van der Waals surface area contributed by atoms with Crippen molar-refractivity contribution in [3.8, 4) is 11.5 Å². The van der Waals surface area contributed by atoms with Crippen LogP contribution in [0.2, 0.25) is 5.02 Å². The Labute approximate surface area is 156 Å². The summed E-state index contributed by atoms with van der Waals surface area (Å²) < 4.78 is 7.45. The molecule has 0 aliphatic carbocycles. The molecule has 25 heavy (non-hydrogen) atoms. The molecule has 1 aromatic carbocycles. The molecule has 7 nitrogen and oxygen atoms in total. The smallest absolute Gasteiger partial charge is 0.247 e. The summed E-state index contributed by atoms with van der Waals surface area (Å²) in [4.78, 5) is 1.19. The van der Waals surface area contributed by atoms with Crippen LogP contribution in [0, 0.1) is 0 Å². The van der Waals surface area contributed by atoms with Crippen LogP contribution in [0.3, 0.4) is 0 Å². The third-order valence-corrected chi connectivity index (χ3v) is 5.32. The maximum atomic E-state index is 5.89. The first-order chi connectivity index (χ1) is 12.3. The van der Waals surface area contributed by atoms with Crippen molar-refractivity contribution in [2.75, 3.05) is 0 Å². The fourth-order valence-electron chi connectivity index (χ4n) is 2.10. The first-order valence-corrected chi connectivity index (χ1v) is 9.52. The van der Waals surface area contributed by atoms with E-state index < -0.39 is 0 Å². The topological polar surface area (TPSA) is 82.5 Å². The second-order valence-electron chi connectivity index (χ2n) is 4.99. The molecule has 0 bridgehead atoms. The van der Waals surface area contributed by atoms with E-state index in [1.807, 2.05) is 23.6 Å². The number of benzene rings is 1. The number of nitrogens with zero attached hydrogens (tertiary/aromatic N) is 6. The minimum Gasteiger partial charge on any atom is -0.420 e. The van der Waals surface area contributed by atoms with Crippen LogP contribution in [-0.2, 0) is 12.3 Å². The molecule has 4 aromatic rings. The van der Waals surface area contributed by atoms with E-state index in [2.05, 4.69) is 31.8 Å². The van der Waals surface area contributed by atoms with E-state index in [9.17, 15) is 0 Å². The molecule has 0 fully saturated rings. The summed E-state index contributed by atoms with van der Waals surface area (Å²) in [6.07, 6.45) is 0. The summed E-state index contributed by atoms with van der Waals surface area (Å²) in [6, 6.07) is 11.3. The van der Waals surface area contributed by atoms with Gasteiger partial charge in [0.1, 0.15) is 0 Å². The second kappa shape index (κ2) is 7.34. The van der Waals surface area contributed by atoms with E-state index in [-0.39, 0.29) is 0 Å². The van der Waals surface area contributed by atoms with E-state index in [1.54, 1.807) is 28.2 Å². The highest BCUT2D eigenvalue weighted by atomic mass is 35.5. The highest BCUT2D eigenvalue weighted by Crippen LogP contribution is 2.24. The quantitative estimate of drug-likeness (QED) is 0.463. The molecule has 0 N–H and O–H groups in total. The van der Waals surface area contributed by atoms with E-state index in [4.69, 9.17) is 16.0 Å². The van der Waals surface area contributed by atoms with Crippen LogP contribution in [0.5, 0.6) is 0 Å². The highest BCUT2D eigenvalue weighted by Gasteiger charge is 2.12. The number of aromatic nitrogens is 6. The Bertz CT molecular complexity index is 951. The van der Waals surface area contributed by atoms with Crippen LogP contribution in [0.25, 0.3) is 11.5 Å². The van der Waals surface area contributed by atoms with Gasteiger partial charge in [0.25, 0.3) is 0 Å². The summed E-state index contributed by atoms with van der Waals surface area (Å²) in [5.74, 6) is 1.47. The fourth-order valence-corrected chi connectivity index (χ4v) is 3.62. The van der Waals surface area contributed by atoms with Gasteiger partial charge in [-0.25, -0.2) is 4.68 Å². The van der Waals surface area contributed by atoms with Crippen molar-refractivity contribution >= 4 is 34.7 Å². The Hall–Kier alpha value is -2.23. The number of hydrogen-bond acceptors (Lipinski definition) is 8. The molecule has 0 unspecified atom stereocenters. The highest BCUT2D eigenvalue weighted by molar-refractivity contribution is 7.98. The lowest BCUT2D eigenvalue weighted by Crippen LogP contribution is -2.02. The Morgan fingerprint density at radius 2 is 2.00 bits per heavy atom. The molecule has 0 saturated carbocycles. The SMILES string of the molecule is Clc1ccc(-c2nnc(CSc3nnnn3Cc3cccs3)o2)cc1. The molecule has 10 heteroatoms.